The van der Waals surface area contributed by atoms with E-state index in [0.29, 0.717) is 17.3 Å². The van der Waals surface area contributed by atoms with Crippen LogP contribution in [0.4, 0.5) is 0 Å². The van der Waals surface area contributed by atoms with Crippen LogP contribution in [0.2, 0.25) is 5.02 Å². The van der Waals surface area contributed by atoms with Crippen molar-refractivity contribution >= 4 is 34.2 Å². The highest BCUT2D eigenvalue weighted by Gasteiger charge is 2.37. The maximum absolute atomic E-state index is 6.10. The van der Waals surface area contributed by atoms with Crippen molar-refractivity contribution in [1.29, 1.82) is 0 Å². The summed E-state index contributed by atoms with van der Waals surface area (Å²) < 4.78 is 2.34. The highest BCUT2D eigenvalue weighted by atomic mass is 35.5. The Bertz CT molecular complexity index is 616. The Morgan fingerprint density at radius 3 is 2.84 bits per heavy atom. The molecule has 1 aromatic carbocycles. The normalized spacial score (nSPS) is 22.2. The highest BCUT2D eigenvalue weighted by Crippen LogP contribution is 2.47. The highest BCUT2D eigenvalue weighted by molar-refractivity contribution is 6.31. The van der Waals surface area contributed by atoms with Gasteiger partial charge in [0.2, 0.25) is 0 Å². The van der Waals surface area contributed by atoms with Gasteiger partial charge in [0.25, 0.3) is 0 Å². The Kier molecular flexibility index (Phi) is 3.26. The molecule has 0 radical (unpaired) electrons. The van der Waals surface area contributed by atoms with Crippen molar-refractivity contribution in [1.82, 2.24) is 9.55 Å². The van der Waals surface area contributed by atoms with Crippen LogP contribution < -0.4 is 0 Å². The third-order valence-electron chi connectivity index (χ3n) is 4.36. The predicted molar refractivity (Wildman–Crippen MR) is 81.0 cm³/mol. The fourth-order valence-corrected chi connectivity index (χ4v) is 3.71. The molecule has 102 valence electrons. The summed E-state index contributed by atoms with van der Waals surface area (Å²) in [5.74, 6) is 1.40. The van der Waals surface area contributed by atoms with E-state index in [9.17, 15) is 0 Å². The molecule has 2 aromatic rings. The Morgan fingerprint density at radius 2 is 2.21 bits per heavy atom. The van der Waals surface area contributed by atoms with Crippen LogP contribution in [0.15, 0.2) is 18.2 Å². The first kappa shape index (κ1) is 13.3. The molecule has 3 rings (SSSR count). The topological polar surface area (TPSA) is 17.8 Å². The van der Waals surface area contributed by atoms with Crippen LogP contribution in [0.5, 0.6) is 0 Å². The SMILES string of the molecule is CC1(C)CCCC1n1c(CCl)nc2cc(Cl)ccc21. The molecule has 0 aliphatic heterocycles. The molecule has 0 N–H and O–H groups in total. The Hall–Kier alpha value is -0.730. The van der Waals surface area contributed by atoms with E-state index in [4.69, 9.17) is 23.2 Å². The molecule has 0 saturated heterocycles. The van der Waals surface area contributed by atoms with Gasteiger partial charge < -0.3 is 4.57 Å². The van der Waals surface area contributed by atoms with Crippen molar-refractivity contribution in [2.75, 3.05) is 0 Å². The zero-order chi connectivity index (χ0) is 13.6. The molecule has 1 aromatic heterocycles. The summed E-state index contributed by atoms with van der Waals surface area (Å²) in [4.78, 5) is 4.65. The molecule has 1 atom stereocenters. The molecule has 1 saturated carbocycles. The average Bonchev–Trinajstić information content (AvgIpc) is 2.87. The van der Waals surface area contributed by atoms with E-state index in [1.165, 1.54) is 19.3 Å². The minimum Gasteiger partial charge on any atom is -0.323 e. The molecule has 1 fully saturated rings. The fraction of sp³-hybridized carbons (Fsp3) is 0.533. The summed E-state index contributed by atoms with van der Waals surface area (Å²) in [6, 6.07) is 6.40. The van der Waals surface area contributed by atoms with E-state index >= 15 is 0 Å². The van der Waals surface area contributed by atoms with Crippen LogP contribution in [0.3, 0.4) is 0 Å². The molecule has 0 amide bonds. The van der Waals surface area contributed by atoms with Gasteiger partial charge >= 0.3 is 0 Å². The zero-order valence-corrected chi connectivity index (χ0v) is 12.8. The van der Waals surface area contributed by atoms with Gasteiger partial charge in [-0.15, -0.1) is 11.6 Å². The van der Waals surface area contributed by atoms with E-state index in [0.717, 1.165) is 21.9 Å². The number of hydrogen-bond acceptors (Lipinski definition) is 1. The second-order valence-electron chi connectivity index (χ2n) is 6.06. The molecule has 1 aliphatic rings. The van der Waals surface area contributed by atoms with Gasteiger partial charge in [-0.3, -0.25) is 0 Å². The number of alkyl halides is 1. The van der Waals surface area contributed by atoms with E-state index in [1.54, 1.807) is 0 Å². The van der Waals surface area contributed by atoms with Crippen LogP contribution >= 0.6 is 23.2 Å². The standard InChI is InChI=1S/C15H18Cl2N2/c1-15(2)7-3-4-13(15)19-12-6-5-10(17)8-11(12)18-14(19)9-16/h5-6,8,13H,3-4,7,9H2,1-2H3. The third kappa shape index (κ3) is 2.15. The minimum absolute atomic E-state index is 0.300. The van der Waals surface area contributed by atoms with Crippen LogP contribution in [0, 0.1) is 5.41 Å². The first-order valence-electron chi connectivity index (χ1n) is 6.75. The van der Waals surface area contributed by atoms with Gasteiger partial charge in [0, 0.05) is 11.1 Å². The van der Waals surface area contributed by atoms with Crippen LogP contribution in [-0.4, -0.2) is 9.55 Å². The molecule has 1 heterocycles. The Morgan fingerprint density at radius 1 is 1.42 bits per heavy atom. The van der Waals surface area contributed by atoms with E-state index in [2.05, 4.69) is 29.5 Å². The van der Waals surface area contributed by atoms with Gasteiger partial charge in [0.1, 0.15) is 5.82 Å². The molecule has 1 unspecified atom stereocenters. The number of rotatable bonds is 2. The van der Waals surface area contributed by atoms with Crippen LogP contribution in [0.1, 0.15) is 45.0 Å². The van der Waals surface area contributed by atoms with Crippen molar-refractivity contribution in [2.24, 2.45) is 5.41 Å². The predicted octanol–water partition coefficient (Wildman–Crippen LogP) is 5.18. The number of imidazole rings is 1. The maximum Gasteiger partial charge on any atom is 0.125 e. The molecular formula is C15H18Cl2N2. The number of aromatic nitrogens is 2. The van der Waals surface area contributed by atoms with Gasteiger partial charge in [0.05, 0.1) is 16.9 Å². The number of halogens is 2. The Labute approximate surface area is 123 Å². The summed E-state index contributed by atoms with van der Waals surface area (Å²) in [6.45, 7) is 4.68. The van der Waals surface area contributed by atoms with Gasteiger partial charge in [-0.1, -0.05) is 31.9 Å². The summed E-state index contributed by atoms with van der Waals surface area (Å²) in [7, 11) is 0. The summed E-state index contributed by atoms with van der Waals surface area (Å²) in [6.07, 6.45) is 3.73. The molecule has 0 spiro atoms. The first-order chi connectivity index (χ1) is 9.03. The lowest BCUT2D eigenvalue weighted by molar-refractivity contribution is 0.262. The quantitative estimate of drug-likeness (QED) is 0.698. The van der Waals surface area contributed by atoms with Crippen molar-refractivity contribution in [3.05, 3.63) is 29.0 Å². The smallest absolute Gasteiger partial charge is 0.125 e. The molecule has 1 aliphatic carbocycles. The molecular weight excluding hydrogens is 279 g/mol. The van der Waals surface area contributed by atoms with Crippen LogP contribution in [0.25, 0.3) is 11.0 Å². The molecule has 19 heavy (non-hydrogen) atoms. The lowest BCUT2D eigenvalue weighted by Gasteiger charge is -2.30. The van der Waals surface area contributed by atoms with Crippen molar-refractivity contribution in [3.63, 3.8) is 0 Å². The minimum atomic E-state index is 0.300. The number of benzene rings is 1. The number of hydrogen-bond donors (Lipinski definition) is 0. The Balaban J connectivity index is 2.21. The summed E-state index contributed by atoms with van der Waals surface area (Å²) >= 11 is 12.2. The van der Waals surface area contributed by atoms with Gasteiger partial charge in [0.15, 0.2) is 0 Å². The fourth-order valence-electron chi connectivity index (χ4n) is 3.35. The lowest BCUT2D eigenvalue weighted by Crippen LogP contribution is -2.22. The lowest BCUT2D eigenvalue weighted by atomic mass is 9.87. The second kappa shape index (κ2) is 4.68. The first-order valence-corrected chi connectivity index (χ1v) is 7.66. The van der Waals surface area contributed by atoms with Gasteiger partial charge in [-0.25, -0.2) is 4.98 Å². The average molecular weight is 297 g/mol. The van der Waals surface area contributed by atoms with Crippen molar-refractivity contribution in [3.8, 4) is 0 Å². The van der Waals surface area contributed by atoms with Crippen molar-refractivity contribution in [2.45, 2.75) is 45.0 Å². The van der Waals surface area contributed by atoms with E-state index in [-0.39, 0.29) is 0 Å². The molecule has 0 bridgehead atoms. The van der Waals surface area contributed by atoms with E-state index in [1.807, 2.05) is 12.1 Å². The molecule has 2 nitrogen and oxygen atoms in total. The zero-order valence-electron chi connectivity index (χ0n) is 11.3. The number of fused-ring (bicyclic) bond motifs is 1. The maximum atomic E-state index is 6.10. The third-order valence-corrected chi connectivity index (χ3v) is 4.83. The second-order valence-corrected chi connectivity index (χ2v) is 6.77. The largest absolute Gasteiger partial charge is 0.323 e. The van der Waals surface area contributed by atoms with Gasteiger partial charge in [-0.2, -0.15) is 0 Å². The summed E-state index contributed by atoms with van der Waals surface area (Å²) in [5, 5.41) is 0.726. The summed E-state index contributed by atoms with van der Waals surface area (Å²) in [5.41, 5.74) is 2.40. The monoisotopic (exact) mass is 296 g/mol. The molecule has 4 heteroatoms. The van der Waals surface area contributed by atoms with Crippen molar-refractivity contribution < 1.29 is 0 Å². The van der Waals surface area contributed by atoms with Gasteiger partial charge in [-0.05, 0) is 36.5 Å². The van der Waals surface area contributed by atoms with E-state index < -0.39 is 0 Å². The number of nitrogens with zero attached hydrogens (tertiary/aromatic N) is 2. The van der Waals surface area contributed by atoms with Crippen LogP contribution in [-0.2, 0) is 5.88 Å².